The van der Waals surface area contributed by atoms with Crippen LogP contribution in [0.15, 0.2) is 23.4 Å². The van der Waals surface area contributed by atoms with Gasteiger partial charge in [-0.15, -0.1) is 4.91 Å². The third-order valence-electron chi connectivity index (χ3n) is 1.64. The molecule has 0 unspecified atom stereocenters. The molecule has 1 aromatic carbocycles. The first-order valence-electron chi connectivity index (χ1n) is 4.10. The molecule has 0 aromatic heterocycles. The number of rotatable bonds is 3. The predicted molar refractivity (Wildman–Crippen MR) is 49.9 cm³/mol. The van der Waals surface area contributed by atoms with E-state index < -0.39 is 5.82 Å². The number of hydrogen-bond acceptors (Lipinski definition) is 3. The number of carbonyl (C=O) groups excluding carboxylic acids is 1. The quantitative estimate of drug-likeness (QED) is 0.751. The highest BCUT2D eigenvalue weighted by atomic mass is 19.1. The number of hydrogen-bond donors (Lipinski definition) is 1. The Morgan fingerprint density at radius 3 is 2.86 bits per heavy atom. The van der Waals surface area contributed by atoms with Gasteiger partial charge in [-0.2, -0.15) is 0 Å². The zero-order valence-corrected chi connectivity index (χ0v) is 7.58. The van der Waals surface area contributed by atoms with Crippen LogP contribution in [0.2, 0.25) is 0 Å². The van der Waals surface area contributed by atoms with E-state index >= 15 is 0 Å². The van der Waals surface area contributed by atoms with Crippen molar-refractivity contribution >= 4 is 11.6 Å². The summed E-state index contributed by atoms with van der Waals surface area (Å²) in [5, 5.41) is 5.00. The summed E-state index contributed by atoms with van der Waals surface area (Å²) in [6, 6.07) is 3.46. The molecule has 0 aliphatic rings. The molecule has 1 aromatic rings. The van der Waals surface area contributed by atoms with Crippen LogP contribution in [0.1, 0.15) is 17.3 Å². The molecule has 0 fully saturated rings. The Balaban J connectivity index is 3.00. The maximum atomic E-state index is 12.8. The largest absolute Gasteiger partial charge is 0.352 e. The molecule has 5 heteroatoms. The molecule has 14 heavy (non-hydrogen) atoms. The van der Waals surface area contributed by atoms with E-state index in [1.54, 1.807) is 6.92 Å². The van der Waals surface area contributed by atoms with Gasteiger partial charge in [0.15, 0.2) is 5.82 Å². The van der Waals surface area contributed by atoms with Crippen molar-refractivity contribution in [3.8, 4) is 0 Å². The van der Waals surface area contributed by atoms with E-state index in [-0.39, 0.29) is 17.2 Å². The zero-order chi connectivity index (χ0) is 10.6. The molecule has 0 aliphatic carbocycles. The van der Waals surface area contributed by atoms with Gasteiger partial charge >= 0.3 is 0 Å². The van der Waals surface area contributed by atoms with Gasteiger partial charge in [-0.25, -0.2) is 4.39 Å². The van der Waals surface area contributed by atoms with E-state index in [2.05, 4.69) is 10.5 Å². The van der Waals surface area contributed by atoms with Gasteiger partial charge in [-0.1, -0.05) is 0 Å². The van der Waals surface area contributed by atoms with Gasteiger partial charge in [0.05, 0.1) is 0 Å². The summed E-state index contributed by atoms with van der Waals surface area (Å²) in [4.78, 5) is 21.4. The molecule has 0 atom stereocenters. The van der Waals surface area contributed by atoms with Gasteiger partial charge in [0.1, 0.15) is 5.69 Å². The summed E-state index contributed by atoms with van der Waals surface area (Å²) < 4.78 is 12.8. The maximum Gasteiger partial charge on any atom is 0.251 e. The molecular weight excluding hydrogens is 187 g/mol. The van der Waals surface area contributed by atoms with E-state index in [0.717, 1.165) is 12.1 Å². The Morgan fingerprint density at radius 1 is 1.57 bits per heavy atom. The van der Waals surface area contributed by atoms with Crippen LogP contribution in [0.25, 0.3) is 0 Å². The van der Waals surface area contributed by atoms with Crippen molar-refractivity contribution < 1.29 is 9.18 Å². The van der Waals surface area contributed by atoms with E-state index in [4.69, 9.17) is 0 Å². The van der Waals surface area contributed by atoms with Crippen molar-refractivity contribution in [2.24, 2.45) is 5.18 Å². The molecule has 0 aliphatic heterocycles. The first kappa shape index (κ1) is 10.3. The summed E-state index contributed by atoms with van der Waals surface area (Å²) in [5.74, 6) is -1.08. The Bertz CT molecular complexity index is 366. The van der Waals surface area contributed by atoms with Gasteiger partial charge in [0, 0.05) is 12.1 Å². The van der Waals surface area contributed by atoms with Crippen molar-refractivity contribution in [1.29, 1.82) is 0 Å². The van der Waals surface area contributed by atoms with Crippen molar-refractivity contribution in [3.05, 3.63) is 34.5 Å². The summed E-state index contributed by atoms with van der Waals surface area (Å²) in [6.45, 7) is 2.24. The molecule has 1 amide bonds. The normalized spacial score (nSPS) is 9.57. The first-order valence-corrected chi connectivity index (χ1v) is 4.10. The fraction of sp³-hybridized carbons (Fsp3) is 0.222. The number of halogens is 1. The summed E-state index contributed by atoms with van der Waals surface area (Å²) in [7, 11) is 0. The number of amides is 1. The molecule has 0 heterocycles. The van der Waals surface area contributed by atoms with Crippen molar-refractivity contribution in [2.75, 3.05) is 6.54 Å². The van der Waals surface area contributed by atoms with E-state index in [9.17, 15) is 14.1 Å². The Morgan fingerprint density at radius 2 is 2.29 bits per heavy atom. The predicted octanol–water partition coefficient (Wildman–Crippen LogP) is 1.97. The molecular formula is C9H9FN2O2. The second-order valence-electron chi connectivity index (χ2n) is 2.62. The highest BCUT2D eigenvalue weighted by Gasteiger charge is 2.08. The highest BCUT2D eigenvalue weighted by Crippen LogP contribution is 2.18. The number of nitroso groups, excluding NO2 is 1. The second-order valence-corrected chi connectivity index (χ2v) is 2.62. The zero-order valence-electron chi connectivity index (χ0n) is 7.58. The number of nitrogens with zero attached hydrogens (tertiary/aromatic N) is 1. The third kappa shape index (κ3) is 2.12. The average molecular weight is 196 g/mol. The van der Waals surface area contributed by atoms with Gasteiger partial charge in [-0.3, -0.25) is 4.79 Å². The standard InChI is InChI=1S/C9H9FN2O2/c1-2-11-9(13)6-3-4-7(10)8(5-6)12-14/h3-5H,2H2,1H3,(H,11,13). The smallest absolute Gasteiger partial charge is 0.251 e. The highest BCUT2D eigenvalue weighted by molar-refractivity contribution is 5.94. The van der Waals surface area contributed by atoms with Crippen LogP contribution in [0, 0.1) is 10.7 Å². The number of nitrogens with one attached hydrogen (secondary N) is 1. The second kappa shape index (κ2) is 4.45. The van der Waals surface area contributed by atoms with Gasteiger partial charge in [0.2, 0.25) is 0 Å². The fourth-order valence-electron chi connectivity index (χ4n) is 0.986. The average Bonchev–Trinajstić information content (AvgIpc) is 2.19. The van der Waals surface area contributed by atoms with Crippen molar-refractivity contribution in [2.45, 2.75) is 6.92 Å². The molecule has 0 saturated heterocycles. The number of benzene rings is 1. The number of carbonyl (C=O) groups is 1. The fourth-order valence-corrected chi connectivity index (χ4v) is 0.986. The minimum atomic E-state index is -0.729. The lowest BCUT2D eigenvalue weighted by Gasteiger charge is -2.02. The van der Waals surface area contributed by atoms with Gasteiger partial charge < -0.3 is 5.32 Å². The molecule has 4 nitrogen and oxygen atoms in total. The molecule has 0 radical (unpaired) electrons. The molecule has 1 rings (SSSR count). The maximum absolute atomic E-state index is 12.8. The Kier molecular flexibility index (Phi) is 3.28. The van der Waals surface area contributed by atoms with Crippen LogP contribution in [-0.2, 0) is 0 Å². The van der Waals surface area contributed by atoms with Crippen LogP contribution < -0.4 is 5.32 Å². The minimum Gasteiger partial charge on any atom is -0.352 e. The summed E-state index contributed by atoms with van der Waals surface area (Å²) in [5.41, 5.74) is -0.128. The van der Waals surface area contributed by atoms with Crippen molar-refractivity contribution in [3.63, 3.8) is 0 Å². The topological polar surface area (TPSA) is 58.5 Å². The first-order chi connectivity index (χ1) is 6.69. The minimum absolute atomic E-state index is 0.225. The van der Waals surface area contributed by atoms with Crippen LogP contribution in [0.5, 0.6) is 0 Å². The van der Waals surface area contributed by atoms with Crippen molar-refractivity contribution in [1.82, 2.24) is 5.32 Å². The van der Waals surface area contributed by atoms with Crippen LogP contribution in [0.3, 0.4) is 0 Å². The SMILES string of the molecule is CCNC(=O)c1ccc(F)c(N=O)c1. The Labute approximate surface area is 80.1 Å². The monoisotopic (exact) mass is 196 g/mol. The lowest BCUT2D eigenvalue weighted by molar-refractivity contribution is 0.0956. The molecule has 0 bridgehead atoms. The van der Waals surface area contributed by atoms with E-state index in [1.165, 1.54) is 6.07 Å². The van der Waals surface area contributed by atoms with Gasteiger partial charge in [-0.05, 0) is 30.3 Å². The molecule has 0 saturated carbocycles. The summed E-state index contributed by atoms with van der Waals surface area (Å²) in [6.07, 6.45) is 0. The lowest BCUT2D eigenvalue weighted by Crippen LogP contribution is -2.22. The molecule has 1 N–H and O–H groups in total. The van der Waals surface area contributed by atoms with E-state index in [0.29, 0.717) is 6.54 Å². The lowest BCUT2D eigenvalue weighted by atomic mass is 10.2. The van der Waals surface area contributed by atoms with Crippen LogP contribution in [-0.4, -0.2) is 12.5 Å². The third-order valence-corrected chi connectivity index (χ3v) is 1.64. The Hall–Kier alpha value is -1.78. The molecule has 0 spiro atoms. The van der Waals surface area contributed by atoms with Crippen LogP contribution >= 0.6 is 0 Å². The van der Waals surface area contributed by atoms with E-state index in [1.807, 2.05) is 0 Å². The van der Waals surface area contributed by atoms with Gasteiger partial charge in [0.25, 0.3) is 5.91 Å². The molecule has 74 valence electrons. The summed E-state index contributed by atoms with van der Waals surface area (Å²) >= 11 is 0. The van der Waals surface area contributed by atoms with Crippen LogP contribution in [0.4, 0.5) is 10.1 Å².